The third-order valence-corrected chi connectivity index (χ3v) is 4.82. The van der Waals surface area contributed by atoms with Crippen molar-refractivity contribution in [3.05, 3.63) is 53.6 Å². The van der Waals surface area contributed by atoms with Gasteiger partial charge in [0.2, 0.25) is 0 Å². The number of rotatable bonds is 6. The average Bonchev–Trinajstić information content (AvgIpc) is 2.75. The van der Waals surface area contributed by atoms with Gasteiger partial charge in [0.1, 0.15) is 5.75 Å². The zero-order valence-corrected chi connectivity index (χ0v) is 16.9. The molecule has 2 N–H and O–H groups in total. The smallest absolute Gasteiger partial charge is 0.313 e. The van der Waals surface area contributed by atoms with E-state index in [1.54, 1.807) is 12.1 Å². The van der Waals surface area contributed by atoms with Crippen LogP contribution in [0.3, 0.4) is 0 Å². The second kappa shape index (κ2) is 9.93. The van der Waals surface area contributed by atoms with Gasteiger partial charge in [-0.05, 0) is 48.7 Å². The Morgan fingerprint density at radius 3 is 2.48 bits per heavy atom. The van der Waals surface area contributed by atoms with Gasteiger partial charge >= 0.3 is 11.8 Å². The molecule has 0 bridgehead atoms. The summed E-state index contributed by atoms with van der Waals surface area (Å²) in [7, 11) is 1.52. The van der Waals surface area contributed by atoms with Crippen LogP contribution >= 0.6 is 0 Å². The summed E-state index contributed by atoms with van der Waals surface area (Å²) in [4.78, 5) is 26.6. The van der Waals surface area contributed by atoms with E-state index >= 15 is 0 Å². The lowest BCUT2D eigenvalue weighted by Gasteiger charge is -2.28. The van der Waals surface area contributed by atoms with Crippen LogP contribution in [0.5, 0.6) is 5.75 Å². The number of hydrogen-bond acceptors (Lipinski definition) is 5. The number of morpholine rings is 1. The molecule has 3 rings (SSSR count). The molecule has 0 radical (unpaired) electrons. The normalized spacial score (nSPS) is 13.7. The molecule has 2 amide bonds. The van der Waals surface area contributed by atoms with E-state index in [0.29, 0.717) is 24.4 Å². The highest BCUT2D eigenvalue weighted by Gasteiger charge is 2.16. The average molecular weight is 397 g/mol. The van der Waals surface area contributed by atoms with Crippen LogP contribution in [0.4, 0.5) is 11.4 Å². The summed E-state index contributed by atoms with van der Waals surface area (Å²) in [6.45, 7) is 5.59. The van der Waals surface area contributed by atoms with E-state index < -0.39 is 11.8 Å². The Morgan fingerprint density at radius 1 is 1.07 bits per heavy atom. The van der Waals surface area contributed by atoms with Gasteiger partial charge in [-0.15, -0.1) is 0 Å². The third-order valence-electron chi connectivity index (χ3n) is 4.82. The first kappa shape index (κ1) is 20.7. The SMILES string of the molecule is COc1ccc(C)cc1NC(=O)C(=O)NCCc1ccc(N2CCOCC2)cc1. The predicted molar refractivity (Wildman–Crippen MR) is 113 cm³/mol. The fraction of sp³-hybridized carbons (Fsp3) is 0.364. The highest BCUT2D eigenvalue weighted by molar-refractivity contribution is 6.39. The van der Waals surface area contributed by atoms with Gasteiger partial charge in [-0.3, -0.25) is 9.59 Å². The molecule has 2 aromatic carbocycles. The topological polar surface area (TPSA) is 79.9 Å². The molecule has 0 aromatic heterocycles. The fourth-order valence-corrected chi connectivity index (χ4v) is 3.19. The largest absolute Gasteiger partial charge is 0.495 e. The van der Waals surface area contributed by atoms with Gasteiger partial charge in [0.15, 0.2) is 0 Å². The van der Waals surface area contributed by atoms with E-state index in [1.807, 2.05) is 13.0 Å². The standard InChI is InChI=1S/C22H27N3O4/c1-16-3-8-20(28-2)19(15-16)24-22(27)21(26)23-10-9-17-4-6-18(7-5-17)25-11-13-29-14-12-25/h3-8,15H,9-14H2,1-2H3,(H,23,26)(H,24,27). The minimum Gasteiger partial charge on any atom is -0.495 e. The van der Waals surface area contributed by atoms with Gasteiger partial charge in [-0.25, -0.2) is 0 Å². The molecule has 0 aliphatic carbocycles. The van der Waals surface area contributed by atoms with Crippen LogP contribution in [0.1, 0.15) is 11.1 Å². The number of carbonyl (C=O) groups is 2. The maximum absolute atomic E-state index is 12.2. The van der Waals surface area contributed by atoms with Crippen LogP contribution < -0.4 is 20.3 Å². The predicted octanol–water partition coefficient (Wildman–Crippen LogP) is 2.14. The molecule has 0 unspecified atom stereocenters. The number of nitrogens with one attached hydrogen (secondary N) is 2. The van der Waals surface area contributed by atoms with E-state index in [2.05, 4.69) is 39.8 Å². The van der Waals surface area contributed by atoms with Crippen LogP contribution in [0.15, 0.2) is 42.5 Å². The summed E-state index contributed by atoms with van der Waals surface area (Å²) in [5.41, 5.74) is 3.71. The van der Waals surface area contributed by atoms with Gasteiger partial charge in [0.05, 0.1) is 26.0 Å². The van der Waals surface area contributed by atoms with Crippen molar-refractivity contribution in [2.75, 3.05) is 50.2 Å². The second-order valence-corrected chi connectivity index (χ2v) is 6.93. The molecule has 1 heterocycles. The minimum atomic E-state index is -0.712. The van der Waals surface area contributed by atoms with Crippen LogP contribution in [0.2, 0.25) is 0 Å². The molecule has 2 aromatic rings. The molecule has 1 fully saturated rings. The number of anilines is 2. The number of ether oxygens (including phenoxy) is 2. The van der Waals surface area contributed by atoms with Crippen molar-refractivity contribution in [3.8, 4) is 5.75 Å². The molecular weight excluding hydrogens is 370 g/mol. The Morgan fingerprint density at radius 2 is 1.79 bits per heavy atom. The van der Waals surface area contributed by atoms with E-state index in [9.17, 15) is 9.59 Å². The Bertz CT molecular complexity index is 846. The van der Waals surface area contributed by atoms with Crippen molar-refractivity contribution < 1.29 is 19.1 Å². The number of benzene rings is 2. The Labute approximate surface area is 171 Å². The van der Waals surface area contributed by atoms with E-state index in [1.165, 1.54) is 12.8 Å². The van der Waals surface area contributed by atoms with Crippen LogP contribution in [-0.4, -0.2) is 51.8 Å². The summed E-state index contributed by atoms with van der Waals surface area (Å²) in [6, 6.07) is 13.7. The van der Waals surface area contributed by atoms with Crippen LogP contribution in [0, 0.1) is 6.92 Å². The number of methoxy groups -OCH3 is 1. The zero-order chi connectivity index (χ0) is 20.6. The molecule has 7 heteroatoms. The lowest BCUT2D eigenvalue weighted by molar-refractivity contribution is -0.136. The maximum atomic E-state index is 12.2. The Kier molecular flexibility index (Phi) is 7.08. The van der Waals surface area contributed by atoms with Crippen molar-refractivity contribution >= 4 is 23.2 Å². The number of carbonyl (C=O) groups excluding carboxylic acids is 2. The molecule has 7 nitrogen and oxygen atoms in total. The Balaban J connectivity index is 1.47. The lowest BCUT2D eigenvalue weighted by atomic mass is 10.1. The third kappa shape index (κ3) is 5.71. The van der Waals surface area contributed by atoms with Crippen molar-refractivity contribution in [1.82, 2.24) is 5.32 Å². The Hall–Kier alpha value is -3.06. The van der Waals surface area contributed by atoms with Gasteiger partial charge in [-0.2, -0.15) is 0 Å². The maximum Gasteiger partial charge on any atom is 0.313 e. The molecule has 0 spiro atoms. The zero-order valence-electron chi connectivity index (χ0n) is 16.9. The molecule has 0 atom stereocenters. The fourth-order valence-electron chi connectivity index (χ4n) is 3.19. The number of hydrogen-bond donors (Lipinski definition) is 2. The summed E-state index contributed by atoms with van der Waals surface area (Å²) in [5.74, 6) is -0.868. The molecule has 154 valence electrons. The number of amides is 2. The van der Waals surface area contributed by atoms with Gasteiger partial charge in [0.25, 0.3) is 0 Å². The second-order valence-electron chi connectivity index (χ2n) is 6.93. The van der Waals surface area contributed by atoms with Gasteiger partial charge in [0, 0.05) is 25.3 Å². The molecule has 1 aliphatic rings. The first-order chi connectivity index (χ1) is 14.1. The van der Waals surface area contributed by atoms with Crippen molar-refractivity contribution in [3.63, 3.8) is 0 Å². The number of aryl methyl sites for hydroxylation is 1. The summed E-state index contributed by atoms with van der Waals surface area (Å²) < 4.78 is 10.6. The summed E-state index contributed by atoms with van der Waals surface area (Å²) in [5, 5.41) is 5.27. The molecular formula is C22H27N3O4. The number of nitrogens with zero attached hydrogens (tertiary/aromatic N) is 1. The van der Waals surface area contributed by atoms with E-state index in [4.69, 9.17) is 9.47 Å². The lowest BCUT2D eigenvalue weighted by Crippen LogP contribution is -2.36. The monoisotopic (exact) mass is 397 g/mol. The minimum absolute atomic E-state index is 0.383. The molecule has 1 saturated heterocycles. The van der Waals surface area contributed by atoms with Crippen molar-refractivity contribution in [2.45, 2.75) is 13.3 Å². The highest BCUT2D eigenvalue weighted by atomic mass is 16.5. The van der Waals surface area contributed by atoms with Gasteiger partial charge in [-0.1, -0.05) is 18.2 Å². The summed E-state index contributed by atoms with van der Waals surface area (Å²) in [6.07, 6.45) is 0.649. The molecule has 0 saturated carbocycles. The molecule has 29 heavy (non-hydrogen) atoms. The van der Waals surface area contributed by atoms with Crippen molar-refractivity contribution in [2.24, 2.45) is 0 Å². The first-order valence-corrected chi connectivity index (χ1v) is 9.72. The molecule has 1 aliphatic heterocycles. The summed E-state index contributed by atoms with van der Waals surface area (Å²) >= 11 is 0. The van der Waals surface area contributed by atoms with E-state index in [-0.39, 0.29) is 0 Å². The van der Waals surface area contributed by atoms with E-state index in [0.717, 1.165) is 37.4 Å². The highest BCUT2D eigenvalue weighted by Crippen LogP contribution is 2.25. The van der Waals surface area contributed by atoms with Crippen molar-refractivity contribution in [1.29, 1.82) is 0 Å². The van der Waals surface area contributed by atoms with Gasteiger partial charge < -0.3 is 25.0 Å². The quantitative estimate of drug-likeness (QED) is 0.730. The van der Waals surface area contributed by atoms with Crippen LogP contribution in [0.25, 0.3) is 0 Å². The first-order valence-electron chi connectivity index (χ1n) is 9.72. The van der Waals surface area contributed by atoms with Crippen LogP contribution in [-0.2, 0) is 20.7 Å².